The van der Waals surface area contributed by atoms with Crippen molar-refractivity contribution in [1.29, 1.82) is 0 Å². The number of rotatable bonds is 1. The Morgan fingerprint density at radius 2 is 1.76 bits per heavy atom. The summed E-state index contributed by atoms with van der Waals surface area (Å²) in [6, 6.07) is 7.09. The molecular formula is C15H19Cl2NOSiZr. The molecule has 0 fully saturated rings. The third-order valence-corrected chi connectivity index (χ3v) is 1.98. The molecule has 1 aromatic rings. The maximum Gasteiger partial charge on any atom is 4.00 e. The third-order valence-electron chi connectivity index (χ3n) is 1.98. The summed E-state index contributed by atoms with van der Waals surface area (Å²) in [6.45, 7) is 6.13. The van der Waals surface area contributed by atoms with Gasteiger partial charge in [-0.3, -0.25) is 6.08 Å². The second kappa shape index (κ2) is 19.9. The van der Waals surface area contributed by atoms with Crippen molar-refractivity contribution in [3.63, 3.8) is 0 Å². The van der Waals surface area contributed by atoms with E-state index in [1.807, 2.05) is 31.2 Å². The van der Waals surface area contributed by atoms with Crippen LogP contribution < -0.4 is 24.8 Å². The Balaban J connectivity index is -0.000000113. The Morgan fingerprint density at radius 1 is 1.24 bits per heavy atom. The van der Waals surface area contributed by atoms with Gasteiger partial charge >= 0.3 is 26.2 Å². The summed E-state index contributed by atoms with van der Waals surface area (Å²) >= 11 is 0. The molecule has 1 amide bonds. The number of aryl methyl sites for hydroxylation is 1. The Bertz CT molecular complexity index is 416. The van der Waals surface area contributed by atoms with Crippen LogP contribution in [-0.4, -0.2) is 15.4 Å². The van der Waals surface area contributed by atoms with E-state index in [9.17, 15) is 4.79 Å². The van der Waals surface area contributed by atoms with Crippen molar-refractivity contribution in [2.75, 3.05) is 0 Å². The molecule has 2 nitrogen and oxygen atoms in total. The van der Waals surface area contributed by atoms with E-state index >= 15 is 0 Å². The molecule has 0 atom stereocenters. The fourth-order valence-electron chi connectivity index (χ4n) is 1.17. The zero-order valence-corrected chi connectivity index (χ0v) is 17.4. The van der Waals surface area contributed by atoms with E-state index in [0.29, 0.717) is 5.56 Å². The molecule has 1 aromatic carbocycles. The normalized spacial score (nSPS) is 9.48. The Morgan fingerprint density at radius 3 is 2.00 bits per heavy atom. The molecule has 1 aliphatic carbocycles. The maximum atomic E-state index is 10.5. The van der Waals surface area contributed by atoms with Gasteiger partial charge in [-0.15, -0.1) is 6.42 Å². The largest absolute Gasteiger partial charge is 4.00 e. The molecule has 1 aliphatic rings. The number of hydrogen-bond donors (Lipinski definition) is 0. The van der Waals surface area contributed by atoms with E-state index < -0.39 is 5.91 Å². The van der Waals surface area contributed by atoms with Gasteiger partial charge in [0.25, 0.3) is 0 Å². The quantitative estimate of drug-likeness (QED) is 0.395. The van der Waals surface area contributed by atoms with Crippen molar-refractivity contribution in [3.05, 3.63) is 65.4 Å². The van der Waals surface area contributed by atoms with Gasteiger partial charge in [-0.25, -0.2) is 12.2 Å². The van der Waals surface area contributed by atoms with E-state index in [2.05, 4.69) is 25.2 Å². The first kappa shape index (κ1) is 28.9. The number of carbonyl (C=O) groups excluding carboxylic acids is 1. The summed E-state index contributed by atoms with van der Waals surface area (Å²) in [5.41, 5.74) is 8.17. The number of benzene rings is 1. The second-order valence-electron chi connectivity index (χ2n) is 3.65. The van der Waals surface area contributed by atoms with Crippen molar-refractivity contribution in [2.45, 2.75) is 26.4 Å². The van der Waals surface area contributed by atoms with E-state index in [4.69, 9.17) is 5.73 Å². The van der Waals surface area contributed by atoms with Crippen LogP contribution in [0.1, 0.15) is 22.3 Å². The molecule has 1 N–H and O–H groups in total. The van der Waals surface area contributed by atoms with Crippen LogP contribution in [0.4, 0.5) is 0 Å². The van der Waals surface area contributed by atoms with E-state index in [1.165, 1.54) is 0 Å². The van der Waals surface area contributed by atoms with Gasteiger partial charge < -0.3 is 35.3 Å². The maximum absolute atomic E-state index is 10.5. The molecule has 0 saturated heterocycles. The van der Waals surface area contributed by atoms with Crippen LogP contribution in [0.5, 0.6) is 0 Å². The van der Waals surface area contributed by atoms with Crippen molar-refractivity contribution >= 4 is 15.4 Å². The van der Waals surface area contributed by atoms with Gasteiger partial charge in [-0.05, 0) is 12.5 Å². The Labute approximate surface area is 162 Å². The van der Waals surface area contributed by atoms with Gasteiger partial charge in [0.2, 0.25) is 0 Å². The molecule has 2 radical (unpaired) electrons. The number of amides is 1. The monoisotopic (exact) mass is 417 g/mol. The standard InChI is InChI=1S/C8H9NO.C5H5.C2H6Si.2ClH.Zr/c1-6-4-2-3-5-7(6)8(9)10;1-2-4-5-3-1;1-3-2;;;/h2-5H,1H3,(H2,9,10);1-3H,4H2;1-2H3;2*1H;/q;-1;;;;+4/p-3. The first-order valence-corrected chi connectivity index (χ1v) is 7.75. The predicted octanol–water partition coefficient (Wildman–Crippen LogP) is -1.71. The summed E-state index contributed by atoms with van der Waals surface area (Å²) < 4.78 is 0. The Kier molecular flexibility index (Phi) is 27.4. The molecule has 0 heterocycles. The third kappa shape index (κ3) is 16.1. The number of allylic oxidation sites excluding steroid dienone is 4. The molecule has 2 rings (SSSR count). The zero-order chi connectivity index (χ0) is 13.8. The van der Waals surface area contributed by atoms with Gasteiger partial charge in [-0.2, -0.15) is 6.08 Å². The van der Waals surface area contributed by atoms with Crippen molar-refractivity contribution in [3.8, 4) is 0 Å². The molecule has 0 unspecified atom stereocenters. The van der Waals surface area contributed by atoms with Crippen LogP contribution in [-0.2, 0) is 26.2 Å². The summed E-state index contributed by atoms with van der Waals surface area (Å²) in [5, 5.41) is 0. The van der Waals surface area contributed by atoms with Gasteiger partial charge in [0.15, 0.2) is 0 Å². The van der Waals surface area contributed by atoms with Crippen LogP contribution >= 0.6 is 0 Å². The topological polar surface area (TPSA) is 40.9 Å². The van der Waals surface area contributed by atoms with Gasteiger partial charge in [-0.1, -0.05) is 37.4 Å². The predicted molar refractivity (Wildman–Crippen MR) is 78.9 cm³/mol. The molecule has 0 saturated carbocycles. The fraction of sp³-hybridized carbons (Fsp3) is 0.267. The SMILES string of the molecule is C[Si]C.Cc1ccccc1C([NH-])=O.[C-]1=CC=CC1.[Cl-].[Cl-].[Zr+4]. The second-order valence-corrected chi connectivity index (χ2v) is 4.65. The molecular weight excluding hydrogens is 400 g/mol. The smallest absolute Gasteiger partial charge is 1.00 e. The number of hydrogen-bond acceptors (Lipinski definition) is 1. The molecule has 0 aromatic heterocycles. The number of halogens is 2. The van der Waals surface area contributed by atoms with Crippen LogP contribution in [0, 0.1) is 13.0 Å². The van der Waals surface area contributed by atoms with Crippen LogP contribution in [0.3, 0.4) is 0 Å². The molecule has 0 bridgehead atoms. The molecule has 21 heavy (non-hydrogen) atoms. The van der Waals surface area contributed by atoms with Crippen molar-refractivity contribution in [2.24, 2.45) is 0 Å². The number of carbonyl (C=O) groups is 1. The molecule has 6 heteroatoms. The molecule has 112 valence electrons. The summed E-state index contributed by atoms with van der Waals surface area (Å²) in [5.74, 6) is -0.613. The summed E-state index contributed by atoms with van der Waals surface area (Å²) in [7, 11) is 1.08. The van der Waals surface area contributed by atoms with Crippen molar-refractivity contribution in [1.82, 2.24) is 0 Å². The Hall–Kier alpha value is -0.150. The number of nitrogens with one attached hydrogen (secondary N) is 1. The zero-order valence-electron chi connectivity index (χ0n) is 12.4. The van der Waals surface area contributed by atoms with Gasteiger partial charge in [0.1, 0.15) is 0 Å². The van der Waals surface area contributed by atoms with Gasteiger partial charge in [0.05, 0.1) is 5.91 Å². The fourth-order valence-corrected chi connectivity index (χ4v) is 1.17. The minimum absolute atomic E-state index is 0. The van der Waals surface area contributed by atoms with Crippen molar-refractivity contribution < 1.29 is 55.8 Å². The first-order valence-electron chi connectivity index (χ1n) is 5.75. The van der Waals surface area contributed by atoms with E-state index in [0.717, 1.165) is 21.5 Å². The average Bonchev–Trinajstić information content (AvgIpc) is 2.89. The molecule has 0 spiro atoms. The summed E-state index contributed by atoms with van der Waals surface area (Å²) in [6.07, 6.45) is 10.0. The minimum atomic E-state index is -0.613. The summed E-state index contributed by atoms with van der Waals surface area (Å²) in [4.78, 5) is 10.5. The van der Waals surface area contributed by atoms with Crippen LogP contribution in [0.25, 0.3) is 5.73 Å². The van der Waals surface area contributed by atoms with Crippen LogP contribution in [0.15, 0.2) is 42.5 Å². The van der Waals surface area contributed by atoms with Crippen LogP contribution in [0.2, 0.25) is 13.1 Å². The average molecular weight is 420 g/mol. The molecule has 0 aliphatic heterocycles. The minimum Gasteiger partial charge on any atom is -1.00 e. The van der Waals surface area contributed by atoms with E-state index in [-0.39, 0.29) is 51.0 Å². The first-order chi connectivity index (χ1) is 8.63. The van der Waals surface area contributed by atoms with E-state index in [1.54, 1.807) is 12.1 Å². The van der Waals surface area contributed by atoms with Gasteiger partial charge in [0, 0.05) is 15.1 Å².